The van der Waals surface area contributed by atoms with Crippen molar-refractivity contribution in [2.24, 2.45) is 0 Å². The van der Waals surface area contributed by atoms with Crippen molar-refractivity contribution in [2.45, 2.75) is 77.5 Å². The van der Waals surface area contributed by atoms with E-state index in [2.05, 4.69) is 82.4 Å². The summed E-state index contributed by atoms with van der Waals surface area (Å²) in [5.74, 6) is 4.46. The van der Waals surface area contributed by atoms with E-state index in [1.807, 2.05) is 45.8 Å². The Balaban J connectivity index is 1.59. The highest BCUT2D eigenvalue weighted by Gasteiger charge is 2.40. The van der Waals surface area contributed by atoms with Gasteiger partial charge in [0, 0.05) is 37.3 Å². The Labute approximate surface area is 283 Å². The van der Waals surface area contributed by atoms with Crippen LogP contribution in [0.1, 0.15) is 89.2 Å². The predicted molar refractivity (Wildman–Crippen MR) is 181 cm³/mol. The normalized spacial score (nSPS) is 16.0. The minimum atomic E-state index is -0.303. The number of piperazine rings is 1. The molecule has 1 fully saturated rings. The lowest BCUT2D eigenvalue weighted by Crippen LogP contribution is -2.50. The highest BCUT2D eigenvalue weighted by atomic mass is 16.5. The van der Waals surface area contributed by atoms with Gasteiger partial charge in [-0.25, -0.2) is 9.36 Å². The van der Waals surface area contributed by atoms with Gasteiger partial charge < -0.3 is 18.9 Å². The second-order valence-corrected chi connectivity index (χ2v) is 13.3. The molecule has 0 radical (unpaired) electrons. The number of ether oxygens (including phenoxy) is 4. The smallest absolute Gasteiger partial charge is 0.173 e. The molecule has 1 saturated heterocycles. The molecule has 48 heavy (non-hydrogen) atoms. The summed E-state index contributed by atoms with van der Waals surface area (Å²) in [6.07, 6.45) is 1.71. The van der Waals surface area contributed by atoms with Crippen LogP contribution in [0.3, 0.4) is 0 Å². The summed E-state index contributed by atoms with van der Waals surface area (Å²) >= 11 is 0. The van der Waals surface area contributed by atoms with Crippen molar-refractivity contribution in [1.29, 1.82) is 0 Å². The van der Waals surface area contributed by atoms with E-state index in [0.29, 0.717) is 26.2 Å². The van der Waals surface area contributed by atoms with Gasteiger partial charge in [0.2, 0.25) is 0 Å². The molecule has 2 aromatic carbocycles. The van der Waals surface area contributed by atoms with E-state index in [1.165, 1.54) is 0 Å². The molecule has 1 aliphatic rings. The van der Waals surface area contributed by atoms with Crippen LogP contribution in [-0.4, -0.2) is 105 Å². The van der Waals surface area contributed by atoms with Crippen LogP contribution in [0.25, 0.3) is 0 Å². The molecule has 0 aliphatic carbocycles. The van der Waals surface area contributed by atoms with Gasteiger partial charge in [-0.05, 0) is 97.8 Å². The summed E-state index contributed by atoms with van der Waals surface area (Å²) in [6, 6.07) is 11.2. The summed E-state index contributed by atoms with van der Waals surface area (Å²) in [5.41, 5.74) is 1.27. The maximum Gasteiger partial charge on any atom is 0.173 e. The zero-order valence-corrected chi connectivity index (χ0v) is 30.0. The highest BCUT2D eigenvalue weighted by Crippen LogP contribution is 2.41. The first-order chi connectivity index (χ1) is 23.0. The Morgan fingerprint density at radius 3 is 1.29 bits per heavy atom. The van der Waals surface area contributed by atoms with Gasteiger partial charge in [0.25, 0.3) is 0 Å². The Hall–Kier alpha value is -4.30. The summed E-state index contributed by atoms with van der Waals surface area (Å²) in [6.45, 7) is 15.7. The third kappa shape index (κ3) is 6.68. The van der Waals surface area contributed by atoms with Crippen LogP contribution in [0.5, 0.6) is 23.0 Å². The number of hydrogen-bond acceptors (Lipinski definition) is 12. The molecule has 1 aliphatic heterocycles. The van der Waals surface area contributed by atoms with Crippen LogP contribution in [0.2, 0.25) is 0 Å². The van der Waals surface area contributed by atoms with Crippen LogP contribution < -0.4 is 18.9 Å². The van der Waals surface area contributed by atoms with Crippen molar-refractivity contribution in [2.75, 3.05) is 54.6 Å². The van der Waals surface area contributed by atoms with Crippen molar-refractivity contribution in [3.8, 4) is 23.0 Å². The first-order valence-electron chi connectivity index (χ1n) is 16.5. The molecule has 5 rings (SSSR count). The van der Waals surface area contributed by atoms with Crippen molar-refractivity contribution in [1.82, 2.24) is 50.2 Å². The number of rotatable bonds is 14. The van der Waals surface area contributed by atoms with Gasteiger partial charge in [-0.15, -0.1) is 10.2 Å². The zero-order chi connectivity index (χ0) is 34.6. The molecule has 4 aromatic rings. The SMILES string of the molecule is CCC(C)(C)n1nnnc1[C@H](c1cc(OC)ccc1OC)N1CCN([C@@H](c2cc(OC)ccc2OC)c2nnnn2C(C)(C)CC)CC1. The molecule has 14 nitrogen and oxygen atoms in total. The lowest BCUT2D eigenvalue weighted by atomic mass is 9.96. The van der Waals surface area contributed by atoms with Crippen molar-refractivity contribution in [3.63, 3.8) is 0 Å². The molecule has 0 unspecified atom stereocenters. The van der Waals surface area contributed by atoms with Crippen LogP contribution in [0.4, 0.5) is 0 Å². The number of hydrogen-bond donors (Lipinski definition) is 0. The van der Waals surface area contributed by atoms with Crippen LogP contribution in [0.15, 0.2) is 36.4 Å². The molecule has 2 aromatic heterocycles. The van der Waals surface area contributed by atoms with Gasteiger partial charge in [0.05, 0.1) is 39.5 Å². The second kappa shape index (κ2) is 14.4. The maximum absolute atomic E-state index is 5.91. The molecular formula is C34H50N10O4. The summed E-state index contributed by atoms with van der Waals surface area (Å²) in [5, 5.41) is 26.6. The van der Waals surface area contributed by atoms with Crippen molar-refractivity contribution in [3.05, 3.63) is 59.2 Å². The van der Waals surface area contributed by atoms with Gasteiger partial charge in [-0.2, -0.15) is 0 Å². The predicted octanol–water partition coefficient (Wildman–Crippen LogP) is 4.48. The molecule has 2 atom stereocenters. The third-order valence-electron chi connectivity index (χ3n) is 9.90. The molecule has 14 heteroatoms. The van der Waals surface area contributed by atoms with Gasteiger partial charge in [-0.3, -0.25) is 9.80 Å². The number of benzene rings is 2. The van der Waals surface area contributed by atoms with E-state index in [4.69, 9.17) is 18.9 Å². The number of tetrazole rings is 2. The molecule has 0 amide bonds. The van der Waals surface area contributed by atoms with E-state index in [9.17, 15) is 0 Å². The monoisotopic (exact) mass is 662 g/mol. The largest absolute Gasteiger partial charge is 0.497 e. The first-order valence-corrected chi connectivity index (χ1v) is 16.5. The van der Waals surface area contributed by atoms with Gasteiger partial charge >= 0.3 is 0 Å². The summed E-state index contributed by atoms with van der Waals surface area (Å²) in [7, 11) is 6.72. The lowest BCUT2D eigenvalue weighted by molar-refractivity contribution is 0.0767. The topological polar surface area (TPSA) is 131 Å². The van der Waals surface area contributed by atoms with E-state index in [1.54, 1.807) is 28.4 Å². The van der Waals surface area contributed by atoms with E-state index in [0.717, 1.165) is 58.6 Å². The standard InChI is InChI=1S/C34H50N10O4/c1-11-33(3,4)43-31(35-37-39-43)29(25-21-23(45-7)13-15-27(25)47-9)41-17-19-42(20-18-41)30(26-22-24(46-8)14-16-28(26)48-10)32-36-38-40-44(32)34(5,6)12-2/h13-16,21-22,29-30H,11-12,17-20H2,1-10H3/t29-,30-/m0/s1. The van der Waals surface area contributed by atoms with Crippen LogP contribution in [-0.2, 0) is 11.1 Å². The minimum absolute atomic E-state index is 0.299. The van der Waals surface area contributed by atoms with E-state index in [-0.39, 0.29) is 23.2 Å². The van der Waals surface area contributed by atoms with Gasteiger partial charge in [0.15, 0.2) is 11.6 Å². The Bertz CT molecular complexity index is 1540. The first kappa shape index (κ1) is 35.0. The van der Waals surface area contributed by atoms with Gasteiger partial charge in [0.1, 0.15) is 35.1 Å². The second-order valence-electron chi connectivity index (χ2n) is 13.3. The van der Waals surface area contributed by atoms with Crippen LogP contribution in [0, 0.1) is 0 Å². The Kier molecular flexibility index (Phi) is 10.5. The maximum atomic E-state index is 5.91. The minimum Gasteiger partial charge on any atom is -0.497 e. The zero-order valence-electron chi connectivity index (χ0n) is 30.0. The lowest BCUT2D eigenvalue weighted by Gasteiger charge is -2.43. The molecule has 0 N–H and O–H groups in total. The van der Waals surface area contributed by atoms with E-state index >= 15 is 0 Å². The van der Waals surface area contributed by atoms with Crippen molar-refractivity contribution >= 4 is 0 Å². The molecule has 260 valence electrons. The number of nitrogens with zero attached hydrogens (tertiary/aromatic N) is 10. The average molecular weight is 663 g/mol. The number of methoxy groups -OCH3 is 4. The van der Waals surface area contributed by atoms with Crippen LogP contribution >= 0.6 is 0 Å². The van der Waals surface area contributed by atoms with E-state index < -0.39 is 0 Å². The fraction of sp³-hybridized carbons (Fsp3) is 0.588. The Morgan fingerprint density at radius 2 is 0.979 bits per heavy atom. The fourth-order valence-electron chi connectivity index (χ4n) is 6.25. The fourth-order valence-corrected chi connectivity index (χ4v) is 6.25. The quantitative estimate of drug-likeness (QED) is 0.189. The Morgan fingerprint density at radius 1 is 0.604 bits per heavy atom. The summed E-state index contributed by atoms with van der Waals surface area (Å²) in [4.78, 5) is 4.83. The third-order valence-corrected chi connectivity index (χ3v) is 9.90. The molecule has 0 spiro atoms. The molecule has 3 heterocycles. The van der Waals surface area contributed by atoms with Gasteiger partial charge in [-0.1, -0.05) is 13.8 Å². The van der Waals surface area contributed by atoms with Crippen molar-refractivity contribution < 1.29 is 18.9 Å². The summed E-state index contributed by atoms with van der Waals surface area (Å²) < 4.78 is 27.1. The molecule has 0 saturated carbocycles. The highest BCUT2D eigenvalue weighted by molar-refractivity contribution is 5.46. The molecular weight excluding hydrogens is 612 g/mol. The number of aromatic nitrogens is 8. The molecule has 0 bridgehead atoms. The average Bonchev–Trinajstić information content (AvgIpc) is 3.81.